The Bertz CT molecular complexity index is 494. The fourth-order valence-electron chi connectivity index (χ4n) is 1.44. The summed E-state index contributed by atoms with van der Waals surface area (Å²) >= 11 is 7.78. The summed E-state index contributed by atoms with van der Waals surface area (Å²) in [5.74, 6) is 0. The number of halogens is 1. The van der Waals surface area contributed by atoms with Crippen molar-refractivity contribution in [3.8, 4) is 0 Å². The zero-order chi connectivity index (χ0) is 11.5. The van der Waals surface area contributed by atoms with Gasteiger partial charge in [0, 0.05) is 5.38 Å². The smallest absolute Gasteiger partial charge is 0.0898 e. The van der Waals surface area contributed by atoms with Gasteiger partial charge < -0.3 is 5.32 Å². The summed E-state index contributed by atoms with van der Waals surface area (Å²) in [6.07, 6.45) is 0. The van der Waals surface area contributed by atoms with Gasteiger partial charge in [0.2, 0.25) is 0 Å². The molecule has 16 heavy (non-hydrogen) atoms. The van der Waals surface area contributed by atoms with Crippen LogP contribution in [0.1, 0.15) is 16.3 Å². The Kier molecular flexibility index (Phi) is 3.46. The van der Waals surface area contributed by atoms with Gasteiger partial charge in [0.25, 0.3) is 0 Å². The monoisotopic (exact) mass is 252 g/mol. The second-order valence-electron chi connectivity index (χ2n) is 3.69. The zero-order valence-electron chi connectivity index (χ0n) is 9.25. The van der Waals surface area contributed by atoms with E-state index >= 15 is 0 Å². The molecule has 84 valence electrons. The third-order valence-corrected chi connectivity index (χ3v) is 3.39. The predicted molar refractivity (Wildman–Crippen MR) is 70.4 cm³/mol. The van der Waals surface area contributed by atoms with E-state index in [0.717, 1.165) is 21.4 Å². The number of aromatic nitrogens is 1. The summed E-state index contributed by atoms with van der Waals surface area (Å²) in [4.78, 5) is 4.39. The van der Waals surface area contributed by atoms with Gasteiger partial charge >= 0.3 is 0 Å². The van der Waals surface area contributed by atoms with E-state index in [-0.39, 0.29) is 0 Å². The number of nitrogens with zero attached hydrogens (tertiary/aromatic N) is 1. The molecule has 0 radical (unpaired) electrons. The maximum Gasteiger partial charge on any atom is 0.0898 e. The van der Waals surface area contributed by atoms with Gasteiger partial charge in [-0.3, -0.25) is 0 Å². The Balaban J connectivity index is 2.04. The minimum atomic E-state index is 0.715. The minimum absolute atomic E-state index is 0.715. The molecule has 1 aromatic carbocycles. The van der Waals surface area contributed by atoms with Gasteiger partial charge in [-0.1, -0.05) is 17.7 Å². The zero-order valence-corrected chi connectivity index (χ0v) is 10.8. The Morgan fingerprint density at radius 1 is 1.38 bits per heavy atom. The first kappa shape index (κ1) is 11.4. The summed E-state index contributed by atoms with van der Waals surface area (Å²) in [5, 5.41) is 7.19. The van der Waals surface area contributed by atoms with Crippen molar-refractivity contribution in [2.75, 3.05) is 5.32 Å². The summed E-state index contributed by atoms with van der Waals surface area (Å²) in [6, 6.07) is 5.99. The fraction of sp³-hybridized carbons (Fsp3) is 0.250. The molecule has 0 aliphatic carbocycles. The molecule has 1 aromatic heterocycles. The number of rotatable bonds is 3. The van der Waals surface area contributed by atoms with Crippen molar-refractivity contribution in [3.63, 3.8) is 0 Å². The maximum atomic E-state index is 6.12. The first-order chi connectivity index (χ1) is 7.65. The Morgan fingerprint density at radius 2 is 2.19 bits per heavy atom. The molecule has 2 aromatic rings. The molecule has 1 N–H and O–H groups in total. The molecule has 0 bridgehead atoms. The number of nitrogens with one attached hydrogen (secondary N) is 1. The molecule has 0 saturated carbocycles. The maximum absolute atomic E-state index is 6.12. The second kappa shape index (κ2) is 4.85. The Hall–Kier alpha value is -1.06. The molecule has 0 atom stereocenters. The first-order valence-electron chi connectivity index (χ1n) is 5.06. The highest BCUT2D eigenvalue weighted by Gasteiger charge is 2.01. The standard InChI is InChI=1S/C12H13ClN2S/c1-8-3-4-12(11(13)5-8)14-6-10-7-16-9(2)15-10/h3-5,7,14H,6H2,1-2H3. The quantitative estimate of drug-likeness (QED) is 0.892. The van der Waals surface area contributed by atoms with Gasteiger partial charge in [0.15, 0.2) is 0 Å². The van der Waals surface area contributed by atoms with E-state index in [1.54, 1.807) is 11.3 Å². The highest BCUT2D eigenvalue weighted by Crippen LogP contribution is 2.23. The lowest BCUT2D eigenvalue weighted by atomic mass is 10.2. The molecule has 0 amide bonds. The van der Waals surface area contributed by atoms with Crippen LogP contribution in [0.2, 0.25) is 5.02 Å². The lowest BCUT2D eigenvalue weighted by molar-refractivity contribution is 1.05. The van der Waals surface area contributed by atoms with Crippen molar-refractivity contribution in [3.05, 3.63) is 44.9 Å². The molecule has 0 saturated heterocycles. The molecule has 2 nitrogen and oxygen atoms in total. The number of hydrogen-bond acceptors (Lipinski definition) is 3. The molecule has 0 fully saturated rings. The molecule has 2 rings (SSSR count). The highest BCUT2D eigenvalue weighted by molar-refractivity contribution is 7.09. The topological polar surface area (TPSA) is 24.9 Å². The van der Waals surface area contributed by atoms with Crippen molar-refractivity contribution >= 4 is 28.6 Å². The van der Waals surface area contributed by atoms with Crippen LogP contribution in [0.4, 0.5) is 5.69 Å². The number of anilines is 1. The van der Waals surface area contributed by atoms with E-state index < -0.39 is 0 Å². The lowest BCUT2D eigenvalue weighted by Gasteiger charge is -2.07. The predicted octanol–water partition coefficient (Wildman–Crippen LogP) is 4.03. The molecule has 0 aliphatic heterocycles. The average molecular weight is 253 g/mol. The molecular formula is C12H13ClN2S. The molecule has 0 spiro atoms. The van der Waals surface area contributed by atoms with Gasteiger partial charge in [-0.25, -0.2) is 4.98 Å². The van der Waals surface area contributed by atoms with Crippen molar-refractivity contribution in [1.82, 2.24) is 4.98 Å². The Labute approximate surface area is 104 Å². The SMILES string of the molecule is Cc1ccc(NCc2csc(C)n2)c(Cl)c1. The van der Waals surface area contributed by atoms with Crippen LogP contribution < -0.4 is 5.32 Å². The first-order valence-corrected chi connectivity index (χ1v) is 6.32. The van der Waals surface area contributed by atoms with Gasteiger partial charge in [-0.2, -0.15) is 0 Å². The van der Waals surface area contributed by atoms with Gasteiger partial charge in [-0.05, 0) is 31.5 Å². The summed E-state index contributed by atoms with van der Waals surface area (Å²) in [5.41, 5.74) is 3.18. The van der Waals surface area contributed by atoms with E-state index in [4.69, 9.17) is 11.6 Å². The van der Waals surface area contributed by atoms with Crippen LogP contribution in [-0.4, -0.2) is 4.98 Å². The largest absolute Gasteiger partial charge is 0.378 e. The highest BCUT2D eigenvalue weighted by atomic mass is 35.5. The van der Waals surface area contributed by atoms with Crippen LogP contribution in [0.5, 0.6) is 0 Å². The average Bonchev–Trinajstić information content (AvgIpc) is 2.63. The molecule has 0 unspecified atom stereocenters. The van der Waals surface area contributed by atoms with Crippen LogP contribution in [0, 0.1) is 13.8 Å². The van der Waals surface area contributed by atoms with Crippen LogP contribution in [0.25, 0.3) is 0 Å². The molecule has 4 heteroatoms. The summed E-state index contributed by atoms with van der Waals surface area (Å²) in [7, 11) is 0. The van der Waals surface area contributed by atoms with E-state index in [1.807, 2.05) is 32.0 Å². The number of hydrogen-bond donors (Lipinski definition) is 1. The van der Waals surface area contributed by atoms with Crippen molar-refractivity contribution < 1.29 is 0 Å². The lowest BCUT2D eigenvalue weighted by Crippen LogP contribution is -2.00. The van der Waals surface area contributed by atoms with Crippen LogP contribution >= 0.6 is 22.9 Å². The molecular weight excluding hydrogens is 240 g/mol. The van der Waals surface area contributed by atoms with Crippen LogP contribution in [-0.2, 0) is 6.54 Å². The van der Waals surface area contributed by atoms with E-state index in [0.29, 0.717) is 6.54 Å². The van der Waals surface area contributed by atoms with Gasteiger partial charge in [0.1, 0.15) is 0 Å². The number of benzene rings is 1. The second-order valence-corrected chi connectivity index (χ2v) is 5.16. The van der Waals surface area contributed by atoms with Gasteiger partial charge in [-0.15, -0.1) is 11.3 Å². The van der Waals surface area contributed by atoms with E-state index in [2.05, 4.69) is 15.7 Å². The number of thiazole rings is 1. The Morgan fingerprint density at radius 3 is 2.81 bits per heavy atom. The fourth-order valence-corrected chi connectivity index (χ4v) is 2.35. The third-order valence-electron chi connectivity index (χ3n) is 2.25. The van der Waals surface area contributed by atoms with Crippen LogP contribution in [0.15, 0.2) is 23.6 Å². The third kappa shape index (κ3) is 2.74. The van der Waals surface area contributed by atoms with Crippen molar-refractivity contribution in [1.29, 1.82) is 0 Å². The van der Waals surface area contributed by atoms with E-state index in [1.165, 1.54) is 5.56 Å². The van der Waals surface area contributed by atoms with Crippen molar-refractivity contribution in [2.24, 2.45) is 0 Å². The summed E-state index contributed by atoms with van der Waals surface area (Å²) < 4.78 is 0. The normalized spacial score (nSPS) is 10.4. The molecule has 0 aliphatic rings. The minimum Gasteiger partial charge on any atom is -0.378 e. The summed E-state index contributed by atoms with van der Waals surface area (Å²) in [6.45, 7) is 4.75. The number of aryl methyl sites for hydroxylation is 2. The molecule has 1 heterocycles. The van der Waals surface area contributed by atoms with E-state index in [9.17, 15) is 0 Å². The van der Waals surface area contributed by atoms with Crippen LogP contribution in [0.3, 0.4) is 0 Å². The van der Waals surface area contributed by atoms with Crippen molar-refractivity contribution in [2.45, 2.75) is 20.4 Å². The van der Waals surface area contributed by atoms with Gasteiger partial charge in [0.05, 0.1) is 28.0 Å².